The van der Waals surface area contributed by atoms with Crippen molar-refractivity contribution < 1.29 is 19.4 Å². The van der Waals surface area contributed by atoms with Crippen molar-refractivity contribution in [1.29, 1.82) is 0 Å². The Morgan fingerprint density at radius 1 is 0.656 bits per heavy atom. The lowest BCUT2D eigenvalue weighted by atomic mass is 10.1. The third-order valence-corrected chi connectivity index (χ3v) is 4.75. The van der Waals surface area contributed by atoms with E-state index in [4.69, 9.17) is 0 Å². The second kappa shape index (κ2) is 9.04. The number of nitro benzene ring substituents is 2. The van der Waals surface area contributed by atoms with Gasteiger partial charge in [0.15, 0.2) is 0 Å². The maximum absolute atomic E-state index is 12.5. The summed E-state index contributed by atoms with van der Waals surface area (Å²) in [6, 6.07) is 14.2. The fourth-order valence-corrected chi connectivity index (χ4v) is 2.97. The molecule has 0 atom stereocenters. The van der Waals surface area contributed by atoms with Crippen molar-refractivity contribution in [3.8, 4) is 0 Å². The van der Waals surface area contributed by atoms with Crippen LogP contribution < -0.4 is 10.6 Å². The number of hydrogen-bond acceptors (Lipinski definition) is 6. The number of nitro groups is 2. The normalized spacial score (nSPS) is 10.3. The van der Waals surface area contributed by atoms with Gasteiger partial charge in [-0.1, -0.05) is 0 Å². The number of carbonyl (C=O) groups is 2. The van der Waals surface area contributed by atoms with Crippen LogP contribution in [-0.4, -0.2) is 21.7 Å². The van der Waals surface area contributed by atoms with Crippen LogP contribution in [0.1, 0.15) is 31.8 Å². The Kier molecular flexibility index (Phi) is 6.24. The van der Waals surface area contributed by atoms with Gasteiger partial charge in [0.25, 0.3) is 23.2 Å². The van der Waals surface area contributed by atoms with E-state index in [0.29, 0.717) is 33.6 Å². The first-order valence-electron chi connectivity index (χ1n) is 9.38. The number of benzene rings is 3. The van der Waals surface area contributed by atoms with E-state index >= 15 is 0 Å². The summed E-state index contributed by atoms with van der Waals surface area (Å²) in [4.78, 5) is 45.6. The molecule has 0 saturated heterocycles. The van der Waals surface area contributed by atoms with Crippen molar-refractivity contribution in [2.45, 2.75) is 13.8 Å². The first kappa shape index (κ1) is 22.1. The van der Waals surface area contributed by atoms with Crippen molar-refractivity contribution in [2.75, 3.05) is 10.6 Å². The molecule has 3 rings (SSSR count). The number of anilines is 2. The maximum Gasteiger partial charge on any atom is 0.269 e. The molecule has 0 aliphatic rings. The molecule has 10 heteroatoms. The van der Waals surface area contributed by atoms with Crippen molar-refractivity contribution in [3.63, 3.8) is 0 Å². The van der Waals surface area contributed by atoms with E-state index in [1.165, 1.54) is 60.7 Å². The van der Waals surface area contributed by atoms with E-state index in [9.17, 15) is 29.8 Å². The van der Waals surface area contributed by atoms with Crippen molar-refractivity contribution in [2.24, 2.45) is 0 Å². The first-order valence-corrected chi connectivity index (χ1v) is 9.38. The van der Waals surface area contributed by atoms with Gasteiger partial charge in [0.1, 0.15) is 0 Å². The molecule has 0 saturated carbocycles. The average molecular weight is 434 g/mol. The summed E-state index contributed by atoms with van der Waals surface area (Å²) in [5, 5.41) is 27.0. The monoisotopic (exact) mass is 434 g/mol. The van der Waals surface area contributed by atoms with Gasteiger partial charge in [-0.05, 0) is 61.4 Å². The van der Waals surface area contributed by atoms with E-state index < -0.39 is 21.7 Å². The molecule has 2 amide bonds. The van der Waals surface area contributed by atoms with Crippen LogP contribution in [-0.2, 0) is 0 Å². The van der Waals surface area contributed by atoms with Crippen LogP contribution in [0.25, 0.3) is 0 Å². The second-order valence-electron chi connectivity index (χ2n) is 7.00. The van der Waals surface area contributed by atoms with E-state index in [0.717, 1.165) is 0 Å². The third-order valence-electron chi connectivity index (χ3n) is 4.75. The molecule has 2 N–H and O–H groups in total. The first-order chi connectivity index (χ1) is 15.2. The number of nitrogens with one attached hydrogen (secondary N) is 2. The highest BCUT2D eigenvalue weighted by Gasteiger charge is 2.14. The predicted molar refractivity (Wildman–Crippen MR) is 118 cm³/mol. The zero-order valence-electron chi connectivity index (χ0n) is 17.1. The standard InChI is InChI=1S/C22H18N4O6/c1-13-11-17(25(29)30)7-9-19(13)23-21(27)15-3-5-16(6-4-15)22(28)24-20-10-8-18(26(31)32)12-14(20)2/h3-12H,1-2H3,(H,23,27)(H,24,28). The molecule has 162 valence electrons. The van der Waals surface area contributed by atoms with Gasteiger partial charge >= 0.3 is 0 Å². The molecule has 32 heavy (non-hydrogen) atoms. The van der Waals surface area contributed by atoms with Crippen molar-refractivity contribution in [1.82, 2.24) is 0 Å². The molecule has 0 spiro atoms. The van der Waals surface area contributed by atoms with Gasteiger partial charge in [0, 0.05) is 46.8 Å². The predicted octanol–water partition coefficient (Wildman–Crippen LogP) is 4.62. The fourth-order valence-electron chi connectivity index (χ4n) is 2.97. The van der Waals surface area contributed by atoms with Gasteiger partial charge in [0.05, 0.1) is 9.85 Å². The van der Waals surface area contributed by atoms with E-state index in [-0.39, 0.29) is 11.4 Å². The Bertz CT molecular complexity index is 1140. The highest BCUT2D eigenvalue weighted by Crippen LogP contribution is 2.23. The molecule has 3 aromatic rings. The SMILES string of the molecule is Cc1cc([N+](=O)[O-])ccc1NC(=O)c1ccc(C(=O)Nc2ccc([N+](=O)[O-])cc2C)cc1. The van der Waals surface area contributed by atoms with Crippen molar-refractivity contribution >= 4 is 34.6 Å². The smallest absolute Gasteiger partial charge is 0.269 e. The molecule has 0 aliphatic carbocycles. The summed E-state index contributed by atoms with van der Waals surface area (Å²) in [6.07, 6.45) is 0. The summed E-state index contributed by atoms with van der Waals surface area (Å²) in [5.74, 6) is -0.861. The summed E-state index contributed by atoms with van der Waals surface area (Å²) in [7, 11) is 0. The molecule has 3 aromatic carbocycles. The molecule has 0 radical (unpaired) electrons. The maximum atomic E-state index is 12.5. The van der Waals surface area contributed by atoms with Crippen LogP contribution in [0.2, 0.25) is 0 Å². The lowest BCUT2D eigenvalue weighted by Crippen LogP contribution is -2.15. The molecule has 10 nitrogen and oxygen atoms in total. The molecule has 0 unspecified atom stereocenters. The molecule has 0 aliphatic heterocycles. The lowest BCUT2D eigenvalue weighted by Gasteiger charge is -2.10. The molecule has 0 heterocycles. The number of amides is 2. The molecular formula is C22H18N4O6. The number of aryl methyl sites for hydroxylation is 2. The van der Waals surface area contributed by atoms with E-state index in [1.54, 1.807) is 13.8 Å². The average Bonchev–Trinajstić information content (AvgIpc) is 2.76. The zero-order chi connectivity index (χ0) is 23.4. The molecule has 0 bridgehead atoms. The number of non-ortho nitro benzene ring substituents is 2. The Morgan fingerprint density at radius 3 is 1.28 bits per heavy atom. The van der Waals surface area contributed by atoms with Crippen LogP contribution in [0.5, 0.6) is 0 Å². The van der Waals surface area contributed by atoms with Crippen LogP contribution in [0.3, 0.4) is 0 Å². The Hall–Kier alpha value is -4.60. The summed E-state index contributed by atoms with van der Waals surface area (Å²) in [6.45, 7) is 3.30. The molecular weight excluding hydrogens is 416 g/mol. The van der Waals surface area contributed by atoms with E-state index in [1.807, 2.05) is 0 Å². The van der Waals surface area contributed by atoms with Crippen molar-refractivity contribution in [3.05, 3.63) is 103 Å². The zero-order valence-corrected chi connectivity index (χ0v) is 17.1. The minimum Gasteiger partial charge on any atom is -0.322 e. The summed E-state index contributed by atoms with van der Waals surface area (Å²) < 4.78 is 0. The number of rotatable bonds is 6. The van der Waals surface area contributed by atoms with E-state index in [2.05, 4.69) is 10.6 Å². The van der Waals surface area contributed by atoms with Gasteiger partial charge in [-0.3, -0.25) is 29.8 Å². The highest BCUT2D eigenvalue weighted by molar-refractivity contribution is 6.07. The van der Waals surface area contributed by atoms with Gasteiger partial charge < -0.3 is 10.6 Å². The Balaban J connectivity index is 1.69. The van der Waals surface area contributed by atoms with Crippen LogP contribution >= 0.6 is 0 Å². The summed E-state index contributed by atoms with van der Waals surface area (Å²) in [5.41, 5.74) is 2.42. The number of carbonyl (C=O) groups excluding carboxylic acids is 2. The minimum absolute atomic E-state index is 0.0703. The second-order valence-corrected chi connectivity index (χ2v) is 7.00. The highest BCUT2D eigenvalue weighted by atomic mass is 16.6. The fraction of sp³-hybridized carbons (Fsp3) is 0.0909. The Morgan fingerprint density at radius 2 is 1.00 bits per heavy atom. The van der Waals surface area contributed by atoms with Gasteiger partial charge in [-0.25, -0.2) is 0 Å². The van der Waals surface area contributed by atoms with Crippen LogP contribution in [0.15, 0.2) is 60.7 Å². The van der Waals surface area contributed by atoms with Crippen LogP contribution in [0, 0.1) is 34.1 Å². The minimum atomic E-state index is -0.513. The van der Waals surface area contributed by atoms with Gasteiger partial charge in [-0.15, -0.1) is 0 Å². The molecule has 0 fully saturated rings. The van der Waals surface area contributed by atoms with Gasteiger partial charge in [-0.2, -0.15) is 0 Å². The van der Waals surface area contributed by atoms with Crippen LogP contribution in [0.4, 0.5) is 22.7 Å². The number of nitrogens with zero attached hydrogens (tertiary/aromatic N) is 2. The topological polar surface area (TPSA) is 144 Å². The largest absolute Gasteiger partial charge is 0.322 e. The molecule has 0 aromatic heterocycles. The summed E-state index contributed by atoms with van der Waals surface area (Å²) >= 11 is 0. The lowest BCUT2D eigenvalue weighted by molar-refractivity contribution is -0.385. The third kappa shape index (κ3) is 4.93. The quantitative estimate of drug-likeness (QED) is 0.428. The Labute approximate surface area is 182 Å². The number of hydrogen-bond donors (Lipinski definition) is 2. The van der Waals surface area contributed by atoms with Gasteiger partial charge in [0.2, 0.25) is 0 Å².